The summed E-state index contributed by atoms with van der Waals surface area (Å²) in [4.78, 5) is 4.49. The molecule has 3 aromatic rings. The number of nitrogens with zero attached hydrogens (tertiary/aromatic N) is 2. The number of benzene rings is 2. The first kappa shape index (κ1) is 21.3. The van der Waals surface area contributed by atoms with Crippen molar-refractivity contribution in [3.8, 4) is 11.1 Å². The van der Waals surface area contributed by atoms with E-state index >= 15 is 0 Å². The number of thiazole rings is 1. The molecule has 0 spiro atoms. The summed E-state index contributed by atoms with van der Waals surface area (Å²) in [5, 5.41) is 18.8. The van der Waals surface area contributed by atoms with E-state index in [-0.39, 0.29) is 28.7 Å². The van der Waals surface area contributed by atoms with Gasteiger partial charge in [0.15, 0.2) is 11.0 Å². The number of fused-ring (bicyclic) bond motifs is 1. The Morgan fingerprint density at radius 2 is 2.03 bits per heavy atom. The number of aliphatic hydroxyl groups excluding tert-OH is 1. The maximum Gasteiger partial charge on any atom is 0.239 e. The number of hydrazone groups is 1. The summed E-state index contributed by atoms with van der Waals surface area (Å²) in [6.07, 6.45) is 0. The Hall–Kier alpha value is -2.42. The van der Waals surface area contributed by atoms with Gasteiger partial charge in [0.2, 0.25) is 10.0 Å². The Morgan fingerprint density at radius 1 is 1.28 bits per heavy atom. The molecule has 0 saturated heterocycles. The normalized spacial score (nSPS) is 12.4. The number of thioether (sulfide) groups is 1. The van der Waals surface area contributed by atoms with E-state index in [9.17, 15) is 8.42 Å². The molecule has 29 heavy (non-hydrogen) atoms. The molecule has 0 radical (unpaired) electrons. The van der Waals surface area contributed by atoms with Crippen LogP contribution in [0.3, 0.4) is 0 Å². The SMILES string of the molecule is NN/N=C(\N)c1c(-c2cccc3sc(N)nc23)ccc(SCCO)c1S(N)(=O)=O. The number of sulfonamides is 1. The summed E-state index contributed by atoms with van der Waals surface area (Å²) in [5.41, 5.74) is 15.8. The zero-order chi connectivity index (χ0) is 21.2. The highest BCUT2D eigenvalue weighted by Gasteiger charge is 2.26. The molecule has 2 aromatic carbocycles. The lowest BCUT2D eigenvalue weighted by Crippen LogP contribution is -2.27. The van der Waals surface area contributed by atoms with Crippen molar-refractivity contribution in [3.63, 3.8) is 0 Å². The number of aromatic nitrogens is 1. The summed E-state index contributed by atoms with van der Waals surface area (Å²) in [7, 11) is -4.21. The molecular weight excluding hydrogens is 434 g/mol. The first-order valence-electron chi connectivity index (χ1n) is 8.16. The van der Waals surface area contributed by atoms with Crippen molar-refractivity contribution in [1.29, 1.82) is 0 Å². The Labute approximate surface area is 175 Å². The Morgan fingerprint density at radius 3 is 2.69 bits per heavy atom. The maximum absolute atomic E-state index is 12.5. The molecule has 13 heteroatoms. The molecule has 3 rings (SSSR count). The number of hydrogen-bond acceptors (Lipinski definition) is 10. The van der Waals surface area contributed by atoms with E-state index < -0.39 is 10.0 Å². The Bertz CT molecular complexity index is 1190. The van der Waals surface area contributed by atoms with Crippen molar-refractivity contribution in [3.05, 3.63) is 35.9 Å². The zero-order valence-corrected chi connectivity index (χ0v) is 17.4. The van der Waals surface area contributed by atoms with E-state index in [0.717, 1.165) is 16.5 Å². The largest absolute Gasteiger partial charge is 0.396 e. The second-order valence-electron chi connectivity index (χ2n) is 5.76. The number of hydrogen-bond donors (Lipinski definition) is 6. The maximum atomic E-state index is 12.5. The molecule has 0 bridgehead atoms. The third-order valence-corrected chi connectivity index (χ3v) is 6.93. The van der Waals surface area contributed by atoms with Gasteiger partial charge >= 0.3 is 0 Å². The molecule has 10 nitrogen and oxygen atoms in total. The number of primary sulfonamides is 1. The van der Waals surface area contributed by atoms with Gasteiger partial charge in [-0.05, 0) is 17.7 Å². The molecule has 0 saturated carbocycles. The van der Waals surface area contributed by atoms with E-state index in [2.05, 4.69) is 15.6 Å². The summed E-state index contributed by atoms with van der Waals surface area (Å²) < 4.78 is 25.8. The number of para-hydroxylation sites is 1. The van der Waals surface area contributed by atoms with E-state index in [1.54, 1.807) is 24.3 Å². The van der Waals surface area contributed by atoms with Crippen molar-refractivity contribution in [2.75, 3.05) is 18.1 Å². The van der Waals surface area contributed by atoms with Gasteiger partial charge in [0.25, 0.3) is 0 Å². The monoisotopic (exact) mass is 453 g/mol. The number of nitrogens with one attached hydrogen (secondary N) is 1. The Balaban J connectivity index is 2.42. The van der Waals surface area contributed by atoms with Crippen LogP contribution in [0.4, 0.5) is 5.13 Å². The average Bonchev–Trinajstić information content (AvgIpc) is 3.05. The first-order chi connectivity index (χ1) is 13.8. The molecule has 1 aromatic heterocycles. The third kappa shape index (κ3) is 4.29. The number of nitrogen functional groups attached to an aromatic ring is 1. The van der Waals surface area contributed by atoms with Gasteiger partial charge in [0.05, 0.1) is 16.8 Å². The van der Waals surface area contributed by atoms with E-state index in [1.807, 2.05) is 6.07 Å². The van der Waals surface area contributed by atoms with Crippen LogP contribution in [0.5, 0.6) is 0 Å². The molecule has 0 aliphatic rings. The number of hydrazine groups is 1. The highest BCUT2D eigenvalue weighted by atomic mass is 32.2. The minimum absolute atomic E-state index is 0.0902. The predicted molar refractivity (Wildman–Crippen MR) is 117 cm³/mol. The van der Waals surface area contributed by atoms with E-state index in [4.69, 9.17) is 27.6 Å². The van der Waals surface area contributed by atoms with Gasteiger partial charge in [0, 0.05) is 21.8 Å². The fraction of sp³-hybridized carbons (Fsp3) is 0.125. The van der Waals surface area contributed by atoms with Crippen molar-refractivity contribution in [1.82, 2.24) is 10.5 Å². The minimum Gasteiger partial charge on any atom is -0.396 e. The van der Waals surface area contributed by atoms with Gasteiger partial charge < -0.3 is 16.6 Å². The molecule has 0 aliphatic heterocycles. The van der Waals surface area contributed by atoms with Crippen LogP contribution in [-0.2, 0) is 10.0 Å². The van der Waals surface area contributed by atoms with Crippen LogP contribution in [0.15, 0.2) is 45.2 Å². The molecular formula is C16H19N7O3S3. The van der Waals surface area contributed by atoms with Crippen LogP contribution in [-0.4, -0.2) is 36.7 Å². The first-order valence-corrected chi connectivity index (χ1v) is 11.5. The van der Waals surface area contributed by atoms with Crippen LogP contribution < -0.4 is 28.0 Å². The minimum atomic E-state index is -4.21. The smallest absolute Gasteiger partial charge is 0.239 e. The average molecular weight is 454 g/mol. The van der Waals surface area contributed by atoms with Crippen LogP contribution in [0, 0.1) is 0 Å². The van der Waals surface area contributed by atoms with E-state index in [0.29, 0.717) is 26.7 Å². The van der Waals surface area contributed by atoms with Crippen LogP contribution in [0.1, 0.15) is 5.56 Å². The van der Waals surface area contributed by atoms with Crippen molar-refractivity contribution in [2.24, 2.45) is 21.8 Å². The van der Waals surface area contributed by atoms with Crippen LogP contribution in [0.25, 0.3) is 21.3 Å². The van der Waals surface area contributed by atoms with E-state index in [1.165, 1.54) is 11.3 Å². The molecule has 1 heterocycles. The molecule has 10 N–H and O–H groups in total. The highest BCUT2D eigenvalue weighted by Crippen LogP contribution is 2.39. The van der Waals surface area contributed by atoms with Gasteiger partial charge in [-0.3, -0.25) is 0 Å². The number of amidine groups is 1. The number of nitrogens with two attached hydrogens (primary N) is 4. The van der Waals surface area contributed by atoms with Crippen molar-refractivity contribution in [2.45, 2.75) is 9.79 Å². The second kappa shape index (κ2) is 8.52. The highest BCUT2D eigenvalue weighted by molar-refractivity contribution is 8.00. The van der Waals surface area contributed by atoms with Crippen LogP contribution in [0.2, 0.25) is 0 Å². The lowest BCUT2D eigenvalue weighted by molar-refractivity contribution is 0.322. The van der Waals surface area contributed by atoms with Gasteiger partial charge in [-0.25, -0.2) is 29.9 Å². The van der Waals surface area contributed by atoms with Gasteiger partial charge in [-0.1, -0.05) is 29.5 Å². The summed E-state index contributed by atoms with van der Waals surface area (Å²) in [6.45, 7) is -0.142. The topological polar surface area (TPSA) is 196 Å². The fourth-order valence-electron chi connectivity index (χ4n) is 2.90. The third-order valence-electron chi connectivity index (χ3n) is 3.92. The van der Waals surface area contributed by atoms with Crippen molar-refractivity contribution < 1.29 is 13.5 Å². The summed E-state index contributed by atoms with van der Waals surface area (Å²) in [6, 6.07) is 8.75. The molecule has 0 unspecified atom stereocenters. The summed E-state index contributed by atoms with van der Waals surface area (Å²) >= 11 is 2.44. The lowest BCUT2D eigenvalue weighted by Gasteiger charge is -2.17. The number of aliphatic hydroxyl groups is 1. The quantitative estimate of drug-likeness (QED) is 0.0961. The summed E-state index contributed by atoms with van der Waals surface area (Å²) in [5.74, 6) is 5.36. The number of anilines is 1. The molecule has 154 valence electrons. The van der Waals surface area contributed by atoms with Gasteiger partial charge in [-0.15, -0.1) is 16.9 Å². The van der Waals surface area contributed by atoms with Gasteiger partial charge in [0.1, 0.15) is 4.90 Å². The zero-order valence-electron chi connectivity index (χ0n) is 15.0. The predicted octanol–water partition coefficient (Wildman–Crippen LogP) is 0.361. The molecule has 0 atom stereocenters. The molecule has 0 amide bonds. The fourth-order valence-corrected chi connectivity index (χ4v) is 5.74. The molecule has 0 aliphatic carbocycles. The van der Waals surface area contributed by atoms with Crippen molar-refractivity contribution >= 4 is 54.3 Å². The standard InChI is InChI=1S/C16H19N7O3S3/c17-15(22-23-19)12-8(9-2-1-3-10-13(9)21-16(18)28-10)4-5-11(27-7-6-24)14(12)29(20,25)26/h1-5,23-24H,6-7,19H2,(H2,17,22)(H2,18,21)(H2,20,25,26). The second-order valence-corrected chi connectivity index (χ2v) is 9.46. The number of rotatable bonds is 7. The van der Waals surface area contributed by atoms with Crippen LogP contribution >= 0.6 is 23.1 Å². The Kier molecular flexibility index (Phi) is 6.26. The van der Waals surface area contributed by atoms with Gasteiger partial charge in [-0.2, -0.15) is 0 Å². The molecule has 0 fully saturated rings. The lowest BCUT2D eigenvalue weighted by atomic mass is 9.98.